The minimum absolute atomic E-state index is 1.03. The minimum atomic E-state index is 1.03. The van der Waals surface area contributed by atoms with E-state index in [0.717, 1.165) is 31.2 Å². The van der Waals surface area contributed by atoms with E-state index in [4.69, 9.17) is 0 Å². The number of anilines is 1. The van der Waals surface area contributed by atoms with Gasteiger partial charge in [-0.2, -0.15) is 0 Å². The zero-order chi connectivity index (χ0) is 20.2. The lowest BCUT2D eigenvalue weighted by atomic mass is 9.94. The molecule has 0 radical (unpaired) electrons. The van der Waals surface area contributed by atoms with Crippen LogP contribution in [0, 0.1) is 6.92 Å². The highest BCUT2D eigenvalue weighted by Gasteiger charge is 2.20. The molecule has 0 saturated carbocycles. The first-order chi connectivity index (χ1) is 14.1. The van der Waals surface area contributed by atoms with Gasteiger partial charge in [-0.25, -0.2) is 0 Å². The Kier molecular flexibility index (Phi) is 5.67. The molecule has 2 aliphatic carbocycles. The van der Waals surface area contributed by atoms with E-state index in [1.54, 1.807) is 0 Å². The lowest BCUT2D eigenvalue weighted by Gasteiger charge is -2.32. The van der Waals surface area contributed by atoms with Crippen molar-refractivity contribution in [3.05, 3.63) is 113 Å². The number of allylic oxidation sites excluding steroid dienone is 7. The van der Waals surface area contributed by atoms with Crippen molar-refractivity contribution in [2.45, 2.75) is 39.5 Å². The van der Waals surface area contributed by atoms with E-state index in [9.17, 15) is 0 Å². The molecule has 2 aromatic carbocycles. The van der Waals surface area contributed by atoms with Crippen LogP contribution in [0.25, 0.3) is 11.6 Å². The van der Waals surface area contributed by atoms with E-state index in [2.05, 4.69) is 98.2 Å². The number of aryl methyl sites for hydroxylation is 1. The summed E-state index contributed by atoms with van der Waals surface area (Å²) in [6, 6.07) is 17.6. The average molecular weight is 380 g/mol. The largest absolute Gasteiger partial charge is 0.315 e. The third-order valence-electron chi connectivity index (χ3n) is 5.77. The summed E-state index contributed by atoms with van der Waals surface area (Å²) < 4.78 is 0. The van der Waals surface area contributed by atoms with Crippen LogP contribution in [0.2, 0.25) is 0 Å². The summed E-state index contributed by atoms with van der Waals surface area (Å²) in [7, 11) is 0. The Morgan fingerprint density at radius 2 is 1.62 bits per heavy atom. The maximum absolute atomic E-state index is 3.88. The predicted molar refractivity (Wildman–Crippen MR) is 127 cm³/mol. The van der Waals surface area contributed by atoms with Crippen LogP contribution in [0.1, 0.15) is 49.3 Å². The monoisotopic (exact) mass is 379 g/mol. The molecule has 146 valence electrons. The van der Waals surface area contributed by atoms with Gasteiger partial charge in [-0.05, 0) is 80.5 Å². The third-order valence-corrected chi connectivity index (χ3v) is 5.77. The van der Waals surface area contributed by atoms with Crippen molar-refractivity contribution in [1.82, 2.24) is 0 Å². The van der Waals surface area contributed by atoms with Gasteiger partial charge in [0, 0.05) is 17.1 Å². The van der Waals surface area contributed by atoms with Crippen molar-refractivity contribution in [2.24, 2.45) is 0 Å². The molecule has 0 amide bonds. The van der Waals surface area contributed by atoms with Gasteiger partial charge in [0.25, 0.3) is 0 Å². The summed E-state index contributed by atoms with van der Waals surface area (Å²) >= 11 is 0. The first kappa shape index (κ1) is 19.3. The normalized spacial score (nSPS) is 16.3. The summed E-state index contributed by atoms with van der Waals surface area (Å²) in [5.41, 5.74) is 10.5. The fourth-order valence-electron chi connectivity index (χ4n) is 4.05. The fraction of sp³-hybridized carbons (Fsp3) is 0.214. The van der Waals surface area contributed by atoms with E-state index in [1.807, 2.05) is 6.08 Å². The van der Waals surface area contributed by atoms with E-state index in [0.29, 0.717) is 0 Å². The highest BCUT2D eigenvalue weighted by atomic mass is 15.2. The van der Waals surface area contributed by atoms with Gasteiger partial charge in [0.15, 0.2) is 0 Å². The third kappa shape index (κ3) is 4.35. The molecule has 2 aliphatic rings. The Hall–Kier alpha value is -3.06. The summed E-state index contributed by atoms with van der Waals surface area (Å²) in [5, 5.41) is 0. The predicted octanol–water partition coefficient (Wildman–Crippen LogP) is 7.83. The molecule has 0 heterocycles. The summed E-state index contributed by atoms with van der Waals surface area (Å²) in [5.74, 6) is 0. The van der Waals surface area contributed by atoms with Crippen LogP contribution in [-0.4, -0.2) is 0 Å². The van der Waals surface area contributed by atoms with Gasteiger partial charge in [0.2, 0.25) is 0 Å². The van der Waals surface area contributed by atoms with Gasteiger partial charge in [-0.15, -0.1) is 0 Å². The van der Waals surface area contributed by atoms with Crippen LogP contribution in [-0.2, 0) is 0 Å². The van der Waals surface area contributed by atoms with E-state index >= 15 is 0 Å². The Labute approximate surface area is 175 Å². The molecule has 4 rings (SSSR count). The molecule has 29 heavy (non-hydrogen) atoms. The van der Waals surface area contributed by atoms with Crippen LogP contribution < -0.4 is 4.90 Å². The lowest BCUT2D eigenvalue weighted by Crippen LogP contribution is -2.23. The second-order valence-corrected chi connectivity index (χ2v) is 8.01. The SMILES string of the molecule is C=Cc1ccc(N(C2=CCCC(C)=C2)C2=CC=C(c3ccc(C)cc3)CC2)cc1. The maximum atomic E-state index is 3.88. The number of benzene rings is 2. The average Bonchev–Trinajstić information content (AvgIpc) is 2.76. The summed E-state index contributed by atoms with van der Waals surface area (Å²) in [6.45, 7) is 8.26. The molecule has 0 fully saturated rings. The molecule has 0 spiro atoms. The number of nitrogens with zero attached hydrogens (tertiary/aromatic N) is 1. The van der Waals surface area contributed by atoms with E-state index in [-0.39, 0.29) is 0 Å². The maximum Gasteiger partial charge on any atom is 0.0458 e. The zero-order valence-electron chi connectivity index (χ0n) is 17.5. The van der Waals surface area contributed by atoms with Crippen LogP contribution in [0.3, 0.4) is 0 Å². The quantitative estimate of drug-likeness (QED) is 0.511. The van der Waals surface area contributed by atoms with Crippen LogP contribution in [0.15, 0.2) is 96.4 Å². The van der Waals surface area contributed by atoms with Gasteiger partial charge in [-0.1, -0.05) is 72.3 Å². The molecular weight excluding hydrogens is 350 g/mol. The molecule has 0 saturated heterocycles. The second kappa shape index (κ2) is 8.53. The standard InChI is InChI=1S/C28H29N/c1-4-23-10-16-26(17-11-23)29(28-7-5-6-22(3)20-28)27-18-14-25(15-19-27)24-12-8-21(2)9-13-24/h4,7-14,16-18,20H,1,5-6,15,19H2,2-3H3. The highest BCUT2D eigenvalue weighted by molar-refractivity contribution is 5.71. The molecule has 2 aromatic rings. The molecule has 0 aromatic heterocycles. The second-order valence-electron chi connectivity index (χ2n) is 8.01. The van der Waals surface area contributed by atoms with Gasteiger partial charge in [0.05, 0.1) is 0 Å². The smallest absolute Gasteiger partial charge is 0.0458 e. The van der Waals surface area contributed by atoms with Gasteiger partial charge in [0.1, 0.15) is 0 Å². The summed E-state index contributed by atoms with van der Waals surface area (Å²) in [6.07, 6.45) is 15.6. The first-order valence-electron chi connectivity index (χ1n) is 10.5. The number of rotatable bonds is 5. The zero-order valence-corrected chi connectivity index (χ0v) is 17.5. The van der Waals surface area contributed by atoms with Gasteiger partial charge >= 0.3 is 0 Å². The Bertz CT molecular complexity index is 1010. The molecular formula is C28H29N. The van der Waals surface area contributed by atoms with Crippen molar-refractivity contribution < 1.29 is 0 Å². The molecule has 0 bridgehead atoms. The van der Waals surface area contributed by atoms with Gasteiger partial charge in [-0.3, -0.25) is 0 Å². The lowest BCUT2D eigenvalue weighted by molar-refractivity contribution is 0.880. The molecule has 0 aliphatic heterocycles. The van der Waals surface area contributed by atoms with Crippen molar-refractivity contribution in [2.75, 3.05) is 4.90 Å². The molecule has 0 unspecified atom stereocenters. The Morgan fingerprint density at radius 1 is 0.862 bits per heavy atom. The van der Waals surface area contributed by atoms with Gasteiger partial charge < -0.3 is 4.90 Å². The van der Waals surface area contributed by atoms with Crippen LogP contribution in [0.5, 0.6) is 0 Å². The number of hydrogen-bond donors (Lipinski definition) is 0. The van der Waals surface area contributed by atoms with E-state index < -0.39 is 0 Å². The molecule has 0 atom stereocenters. The fourth-order valence-corrected chi connectivity index (χ4v) is 4.05. The van der Waals surface area contributed by atoms with Crippen molar-refractivity contribution >= 4 is 17.3 Å². The Morgan fingerprint density at radius 3 is 2.24 bits per heavy atom. The first-order valence-corrected chi connectivity index (χ1v) is 10.5. The van der Waals surface area contributed by atoms with Crippen LogP contribution in [0.4, 0.5) is 5.69 Å². The molecule has 0 N–H and O–H groups in total. The van der Waals surface area contributed by atoms with Crippen molar-refractivity contribution in [3.63, 3.8) is 0 Å². The van der Waals surface area contributed by atoms with Crippen molar-refractivity contribution in [3.8, 4) is 0 Å². The molecule has 1 heteroatoms. The number of hydrogen-bond acceptors (Lipinski definition) is 1. The summed E-state index contributed by atoms with van der Waals surface area (Å²) in [4.78, 5) is 2.43. The van der Waals surface area contributed by atoms with Crippen LogP contribution >= 0.6 is 0 Å². The van der Waals surface area contributed by atoms with Crippen molar-refractivity contribution in [1.29, 1.82) is 0 Å². The minimum Gasteiger partial charge on any atom is -0.315 e. The molecule has 1 nitrogen and oxygen atoms in total. The topological polar surface area (TPSA) is 3.24 Å². The van der Waals surface area contributed by atoms with E-state index in [1.165, 1.54) is 39.4 Å². The Balaban J connectivity index is 1.70. The highest BCUT2D eigenvalue weighted by Crippen LogP contribution is 2.35.